The van der Waals surface area contributed by atoms with E-state index in [1.54, 1.807) is 0 Å². The van der Waals surface area contributed by atoms with Crippen molar-refractivity contribution in [3.63, 3.8) is 0 Å². The number of allylic oxidation sites excluding steroid dienone is 1. The van der Waals surface area contributed by atoms with E-state index in [0.29, 0.717) is 12.4 Å². The molecule has 2 aromatic carbocycles. The maximum atomic E-state index is 13.6. The fraction of sp³-hybridized carbons (Fsp3) is 0.485. The number of hydrogen-bond acceptors (Lipinski definition) is 4. The summed E-state index contributed by atoms with van der Waals surface area (Å²) in [5.74, 6) is 0.957. The van der Waals surface area contributed by atoms with Gasteiger partial charge in [0.1, 0.15) is 0 Å². The topological polar surface area (TPSA) is 59.2 Å². The van der Waals surface area contributed by atoms with Crippen molar-refractivity contribution in [1.29, 1.82) is 0 Å². The first-order valence-corrected chi connectivity index (χ1v) is 14.2. The standard InChI is InChI=1S/C33H40FN3O2/c1-6-24-11-13-25(14-12-24)26-8-7-9-27(20-26)37(28(38)15-10-23(2)34)22-32-16-18-33(21-32,19-17-32)29-35-30(39-36-29)31(3,4)5/h7-9,11-14,20H,2,6,10,15-19,21-22H2,1,3-5H3. The molecule has 0 aliphatic heterocycles. The number of aromatic nitrogens is 2. The van der Waals surface area contributed by atoms with Gasteiger partial charge in [-0.2, -0.15) is 4.98 Å². The second kappa shape index (κ2) is 10.4. The average Bonchev–Trinajstić information content (AvgIpc) is 3.65. The summed E-state index contributed by atoms with van der Waals surface area (Å²) in [6.45, 7) is 12.4. The lowest BCUT2D eigenvalue weighted by Gasteiger charge is -2.34. The predicted octanol–water partition coefficient (Wildman–Crippen LogP) is 8.10. The van der Waals surface area contributed by atoms with E-state index in [1.165, 1.54) is 5.56 Å². The number of rotatable bonds is 9. The Balaban J connectivity index is 1.42. The number of benzene rings is 2. The summed E-state index contributed by atoms with van der Waals surface area (Å²) < 4.78 is 19.2. The first kappa shape index (κ1) is 27.3. The molecule has 2 aliphatic carbocycles. The number of carbonyl (C=O) groups excluding carboxylic acids is 1. The van der Waals surface area contributed by atoms with Gasteiger partial charge in [0.05, 0.1) is 5.83 Å². The lowest BCUT2D eigenvalue weighted by Crippen LogP contribution is -2.39. The fourth-order valence-corrected chi connectivity index (χ4v) is 6.41. The van der Waals surface area contributed by atoms with E-state index in [2.05, 4.69) is 75.8 Å². The molecule has 1 aromatic heterocycles. The van der Waals surface area contributed by atoms with Crippen LogP contribution in [0.5, 0.6) is 0 Å². The van der Waals surface area contributed by atoms with Crippen LogP contribution in [0.25, 0.3) is 11.1 Å². The van der Waals surface area contributed by atoms with Crippen LogP contribution in [0.2, 0.25) is 0 Å². The highest BCUT2D eigenvalue weighted by Gasteiger charge is 2.58. The molecule has 2 saturated carbocycles. The normalized spacial score (nSPS) is 22.3. The van der Waals surface area contributed by atoms with Crippen LogP contribution in [-0.4, -0.2) is 22.6 Å². The van der Waals surface area contributed by atoms with E-state index < -0.39 is 5.83 Å². The smallest absolute Gasteiger partial charge is 0.232 e. The van der Waals surface area contributed by atoms with Crippen molar-refractivity contribution >= 4 is 11.6 Å². The number of fused-ring (bicyclic) bond motifs is 2. The van der Waals surface area contributed by atoms with Gasteiger partial charge in [-0.3, -0.25) is 4.79 Å². The largest absolute Gasteiger partial charge is 0.339 e. The van der Waals surface area contributed by atoms with Crippen LogP contribution in [0.1, 0.15) is 89.9 Å². The molecule has 5 nitrogen and oxygen atoms in total. The molecule has 0 radical (unpaired) electrons. The molecule has 39 heavy (non-hydrogen) atoms. The number of nitrogens with zero attached hydrogens (tertiary/aromatic N) is 3. The van der Waals surface area contributed by atoms with Crippen molar-refractivity contribution in [1.82, 2.24) is 10.1 Å². The summed E-state index contributed by atoms with van der Waals surface area (Å²) in [5, 5.41) is 4.43. The van der Waals surface area contributed by atoms with Crippen LogP contribution in [0.3, 0.4) is 0 Å². The molecule has 3 aromatic rings. The molecule has 2 aliphatic rings. The van der Waals surface area contributed by atoms with Gasteiger partial charge in [0, 0.05) is 35.9 Å². The van der Waals surface area contributed by atoms with Gasteiger partial charge in [0.25, 0.3) is 0 Å². The third kappa shape index (κ3) is 5.57. The Morgan fingerprint density at radius 3 is 2.38 bits per heavy atom. The molecule has 206 valence electrons. The third-order valence-corrected chi connectivity index (χ3v) is 8.78. The van der Waals surface area contributed by atoms with Crippen molar-refractivity contribution in [3.05, 3.63) is 78.2 Å². The lowest BCUT2D eigenvalue weighted by molar-refractivity contribution is -0.119. The molecule has 5 rings (SSSR count). The van der Waals surface area contributed by atoms with Crippen molar-refractivity contribution < 1.29 is 13.7 Å². The van der Waals surface area contributed by atoms with Crippen LogP contribution >= 0.6 is 0 Å². The van der Waals surface area contributed by atoms with Gasteiger partial charge in [-0.25, -0.2) is 4.39 Å². The number of aryl methyl sites for hydroxylation is 1. The Hall–Kier alpha value is -3.28. The second-order valence-electron chi connectivity index (χ2n) is 12.7. The Morgan fingerprint density at radius 1 is 1.05 bits per heavy atom. The molecular weight excluding hydrogens is 489 g/mol. The Kier molecular flexibility index (Phi) is 7.25. The third-order valence-electron chi connectivity index (χ3n) is 8.78. The van der Waals surface area contributed by atoms with Gasteiger partial charge in [-0.15, -0.1) is 0 Å². The van der Waals surface area contributed by atoms with E-state index in [9.17, 15) is 9.18 Å². The Bertz CT molecular complexity index is 1340. The molecule has 0 saturated heterocycles. The highest BCUT2D eigenvalue weighted by atomic mass is 19.1. The van der Waals surface area contributed by atoms with Crippen LogP contribution in [0.4, 0.5) is 10.1 Å². The minimum absolute atomic E-state index is 0.0241. The zero-order valence-corrected chi connectivity index (χ0v) is 23.7. The number of carbonyl (C=O) groups is 1. The van der Waals surface area contributed by atoms with E-state index >= 15 is 0 Å². The second-order valence-corrected chi connectivity index (χ2v) is 12.7. The van der Waals surface area contributed by atoms with Crippen LogP contribution in [-0.2, 0) is 22.0 Å². The number of anilines is 1. The molecule has 1 amide bonds. The highest BCUT2D eigenvalue weighted by Crippen LogP contribution is 2.62. The first-order valence-electron chi connectivity index (χ1n) is 14.2. The zero-order valence-electron chi connectivity index (χ0n) is 23.7. The van der Waals surface area contributed by atoms with Crippen molar-refractivity contribution in [2.45, 2.75) is 89.9 Å². The number of hydrogen-bond donors (Lipinski definition) is 0. The van der Waals surface area contributed by atoms with Crippen molar-refractivity contribution in [2.24, 2.45) is 5.41 Å². The molecule has 0 atom stereocenters. The number of amides is 1. The van der Waals surface area contributed by atoms with Gasteiger partial charge < -0.3 is 9.42 Å². The molecule has 6 heteroatoms. The average molecular weight is 530 g/mol. The summed E-state index contributed by atoms with van der Waals surface area (Å²) in [6.07, 6.45) is 6.06. The molecule has 2 bridgehead atoms. The molecule has 2 fully saturated rings. The Labute approximate surface area is 231 Å². The molecular formula is C33H40FN3O2. The quantitative estimate of drug-likeness (QED) is 0.281. The minimum atomic E-state index is -0.460. The van der Waals surface area contributed by atoms with Gasteiger partial charge >= 0.3 is 0 Å². The zero-order chi connectivity index (χ0) is 27.8. The molecule has 1 heterocycles. The molecule has 0 spiro atoms. The maximum absolute atomic E-state index is 13.6. The SMILES string of the molecule is C=C(F)CCC(=O)N(CC12CCC(c3noc(C(C)(C)C)n3)(CC1)C2)c1cccc(-c2ccc(CC)cc2)c1. The summed E-state index contributed by atoms with van der Waals surface area (Å²) in [7, 11) is 0. The van der Waals surface area contributed by atoms with E-state index in [-0.39, 0.29) is 35.0 Å². The molecule has 0 unspecified atom stereocenters. The Morgan fingerprint density at radius 2 is 1.77 bits per heavy atom. The van der Waals surface area contributed by atoms with E-state index in [0.717, 1.165) is 61.2 Å². The van der Waals surface area contributed by atoms with Gasteiger partial charge in [-0.1, -0.05) is 75.8 Å². The number of halogens is 1. The summed E-state index contributed by atoms with van der Waals surface area (Å²) in [6, 6.07) is 16.7. The predicted molar refractivity (Wildman–Crippen MR) is 153 cm³/mol. The lowest BCUT2D eigenvalue weighted by atomic mass is 9.81. The summed E-state index contributed by atoms with van der Waals surface area (Å²) >= 11 is 0. The first-order chi connectivity index (χ1) is 18.5. The van der Waals surface area contributed by atoms with Crippen LogP contribution < -0.4 is 4.90 Å². The van der Waals surface area contributed by atoms with Crippen molar-refractivity contribution in [2.75, 3.05) is 11.4 Å². The van der Waals surface area contributed by atoms with Crippen molar-refractivity contribution in [3.8, 4) is 11.1 Å². The van der Waals surface area contributed by atoms with Crippen LogP contribution in [0, 0.1) is 5.41 Å². The van der Waals surface area contributed by atoms with Gasteiger partial charge in [0.15, 0.2) is 5.82 Å². The molecule has 0 N–H and O–H groups in total. The minimum Gasteiger partial charge on any atom is -0.339 e. The highest BCUT2D eigenvalue weighted by molar-refractivity contribution is 5.94. The van der Waals surface area contributed by atoms with E-state index in [1.807, 2.05) is 17.0 Å². The fourth-order valence-electron chi connectivity index (χ4n) is 6.41. The van der Waals surface area contributed by atoms with E-state index in [4.69, 9.17) is 9.51 Å². The summed E-state index contributed by atoms with van der Waals surface area (Å²) in [5.41, 5.74) is 4.01. The summed E-state index contributed by atoms with van der Waals surface area (Å²) in [4.78, 5) is 20.3. The monoisotopic (exact) mass is 529 g/mol. The van der Waals surface area contributed by atoms with Gasteiger partial charge in [-0.05, 0) is 72.8 Å². The van der Waals surface area contributed by atoms with Crippen LogP contribution in [0.15, 0.2) is 65.5 Å². The maximum Gasteiger partial charge on any atom is 0.232 e. The van der Waals surface area contributed by atoms with Gasteiger partial charge in [0.2, 0.25) is 11.8 Å².